The topological polar surface area (TPSA) is 29.1 Å². The van der Waals surface area contributed by atoms with Gasteiger partial charge in [-0.05, 0) is 17.9 Å². The van der Waals surface area contributed by atoms with Crippen LogP contribution in [0.5, 0.6) is 0 Å². The Balaban J connectivity index is 3.69. The zero-order chi connectivity index (χ0) is 8.91. The van der Waals surface area contributed by atoms with E-state index in [-0.39, 0.29) is 11.3 Å². The number of amides is 1. The fourth-order valence-electron chi connectivity index (χ4n) is 0.524. The molecule has 0 aromatic carbocycles. The van der Waals surface area contributed by atoms with Gasteiger partial charge in [0.15, 0.2) is 0 Å². The molecule has 0 heterocycles. The second kappa shape index (κ2) is 4.16. The summed E-state index contributed by atoms with van der Waals surface area (Å²) < 4.78 is 0. The van der Waals surface area contributed by atoms with Gasteiger partial charge >= 0.3 is 0 Å². The summed E-state index contributed by atoms with van der Waals surface area (Å²) >= 11 is 0. The average Bonchev–Trinajstić information content (AvgIpc) is 2.00. The molecule has 0 bridgehead atoms. The monoisotopic (exact) mass is 155 g/mol. The van der Waals surface area contributed by atoms with Crippen LogP contribution in [0.1, 0.15) is 27.2 Å². The van der Waals surface area contributed by atoms with Crippen molar-refractivity contribution >= 4 is 5.91 Å². The number of nitrogens with one attached hydrogen (secondary N) is 1. The lowest BCUT2D eigenvalue weighted by molar-refractivity contribution is -0.116. The van der Waals surface area contributed by atoms with E-state index in [0.29, 0.717) is 6.54 Å². The van der Waals surface area contributed by atoms with Gasteiger partial charge in [0.25, 0.3) is 0 Å². The first-order valence-corrected chi connectivity index (χ1v) is 3.92. The van der Waals surface area contributed by atoms with Crippen molar-refractivity contribution in [1.29, 1.82) is 0 Å². The molecule has 0 saturated carbocycles. The molecule has 0 aliphatic heterocycles. The molecule has 0 aliphatic carbocycles. The van der Waals surface area contributed by atoms with Crippen LogP contribution in [0.25, 0.3) is 0 Å². The van der Waals surface area contributed by atoms with Crippen molar-refractivity contribution in [3.05, 3.63) is 12.7 Å². The zero-order valence-corrected chi connectivity index (χ0v) is 7.61. The summed E-state index contributed by atoms with van der Waals surface area (Å²) in [4.78, 5) is 10.7. The highest BCUT2D eigenvalue weighted by atomic mass is 16.1. The van der Waals surface area contributed by atoms with E-state index in [4.69, 9.17) is 0 Å². The third-order valence-corrected chi connectivity index (χ3v) is 1.88. The van der Waals surface area contributed by atoms with E-state index in [2.05, 4.69) is 32.7 Å². The Hall–Kier alpha value is -0.790. The maximum atomic E-state index is 10.7. The Bertz CT molecular complexity index is 150. The van der Waals surface area contributed by atoms with Gasteiger partial charge in [0, 0.05) is 6.54 Å². The van der Waals surface area contributed by atoms with E-state index < -0.39 is 0 Å². The molecule has 0 unspecified atom stereocenters. The molecule has 0 fully saturated rings. The highest BCUT2D eigenvalue weighted by molar-refractivity contribution is 5.86. The van der Waals surface area contributed by atoms with Gasteiger partial charge in [0.1, 0.15) is 0 Å². The Morgan fingerprint density at radius 2 is 2.18 bits per heavy atom. The normalized spacial score (nSPS) is 10.8. The van der Waals surface area contributed by atoms with Crippen LogP contribution >= 0.6 is 0 Å². The molecule has 1 N–H and O–H groups in total. The minimum atomic E-state index is -0.0912. The summed E-state index contributed by atoms with van der Waals surface area (Å²) in [6.45, 7) is 10.4. The summed E-state index contributed by atoms with van der Waals surface area (Å²) in [6, 6.07) is 0. The van der Waals surface area contributed by atoms with E-state index in [9.17, 15) is 4.79 Å². The first-order valence-electron chi connectivity index (χ1n) is 3.92. The molecule has 0 aliphatic rings. The van der Waals surface area contributed by atoms with Gasteiger partial charge in [-0.2, -0.15) is 0 Å². The molecule has 11 heavy (non-hydrogen) atoms. The lowest BCUT2D eigenvalue weighted by atomic mass is 9.90. The summed E-state index contributed by atoms with van der Waals surface area (Å²) in [5, 5.41) is 2.77. The van der Waals surface area contributed by atoms with Crippen molar-refractivity contribution in [1.82, 2.24) is 5.32 Å². The summed E-state index contributed by atoms with van der Waals surface area (Å²) in [5.74, 6) is -0.0912. The van der Waals surface area contributed by atoms with Gasteiger partial charge in [-0.25, -0.2) is 0 Å². The number of carbonyl (C=O) groups excluding carboxylic acids is 1. The van der Waals surface area contributed by atoms with Crippen molar-refractivity contribution in [3.63, 3.8) is 0 Å². The lowest BCUT2D eigenvalue weighted by Gasteiger charge is -2.22. The summed E-state index contributed by atoms with van der Waals surface area (Å²) in [5.41, 5.74) is 0.193. The predicted molar refractivity (Wildman–Crippen MR) is 47.3 cm³/mol. The third kappa shape index (κ3) is 4.59. The zero-order valence-electron chi connectivity index (χ0n) is 7.61. The van der Waals surface area contributed by atoms with E-state index >= 15 is 0 Å². The highest BCUT2D eigenvalue weighted by Crippen LogP contribution is 2.17. The first kappa shape index (κ1) is 10.2. The molecule has 0 rings (SSSR count). The fourth-order valence-corrected chi connectivity index (χ4v) is 0.524. The molecule has 0 atom stereocenters. The fraction of sp³-hybridized carbons (Fsp3) is 0.667. The van der Waals surface area contributed by atoms with Gasteiger partial charge < -0.3 is 5.32 Å². The van der Waals surface area contributed by atoms with Gasteiger partial charge in [-0.1, -0.05) is 27.4 Å². The van der Waals surface area contributed by atoms with Crippen LogP contribution in [0.4, 0.5) is 0 Å². The summed E-state index contributed by atoms with van der Waals surface area (Å²) in [6.07, 6.45) is 2.36. The molecule has 0 aromatic rings. The molecule has 0 saturated heterocycles. The lowest BCUT2D eigenvalue weighted by Crippen LogP contribution is -2.32. The molecule has 0 spiro atoms. The molecule has 2 heteroatoms. The standard InChI is InChI=1S/C9H17NO/c1-5-8(11)10-7-9(3,4)6-2/h5H,1,6-7H2,2-4H3,(H,10,11). The maximum Gasteiger partial charge on any atom is 0.243 e. The van der Waals surface area contributed by atoms with Crippen LogP contribution in [0.15, 0.2) is 12.7 Å². The van der Waals surface area contributed by atoms with Crippen LogP contribution in [-0.4, -0.2) is 12.5 Å². The maximum absolute atomic E-state index is 10.7. The van der Waals surface area contributed by atoms with Gasteiger partial charge in [-0.3, -0.25) is 4.79 Å². The smallest absolute Gasteiger partial charge is 0.243 e. The van der Waals surface area contributed by atoms with Crippen molar-refractivity contribution in [2.75, 3.05) is 6.54 Å². The minimum absolute atomic E-state index is 0.0912. The van der Waals surface area contributed by atoms with Crippen LogP contribution < -0.4 is 5.32 Å². The van der Waals surface area contributed by atoms with Crippen LogP contribution in [0.2, 0.25) is 0 Å². The van der Waals surface area contributed by atoms with Crippen molar-refractivity contribution < 1.29 is 4.79 Å². The van der Waals surface area contributed by atoms with Crippen LogP contribution in [0, 0.1) is 5.41 Å². The van der Waals surface area contributed by atoms with E-state index in [0.717, 1.165) is 6.42 Å². The number of rotatable bonds is 4. The van der Waals surface area contributed by atoms with Gasteiger partial charge in [0.05, 0.1) is 0 Å². The second-order valence-corrected chi connectivity index (χ2v) is 3.44. The number of hydrogen-bond acceptors (Lipinski definition) is 1. The molecule has 0 aromatic heterocycles. The van der Waals surface area contributed by atoms with Gasteiger partial charge in [0.2, 0.25) is 5.91 Å². The van der Waals surface area contributed by atoms with Crippen LogP contribution in [-0.2, 0) is 4.79 Å². The first-order chi connectivity index (χ1) is 5.02. The van der Waals surface area contributed by atoms with Gasteiger partial charge in [-0.15, -0.1) is 0 Å². The predicted octanol–water partition coefficient (Wildman–Crippen LogP) is 1.72. The second-order valence-electron chi connectivity index (χ2n) is 3.44. The molecule has 1 amide bonds. The minimum Gasteiger partial charge on any atom is -0.352 e. The Kier molecular flexibility index (Phi) is 3.86. The highest BCUT2D eigenvalue weighted by Gasteiger charge is 2.14. The van der Waals surface area contributed by atoms with Crippen molar-refractivity contribution in [2.45, 2.75) is 27.2 Å². The van der Waals surface area contributed by atoms with Crippen molar-refractivity contribution in [3.8, 4) is 0 Å². The molecular weight excluding hydrogens is 138 g/mol. The van der Waals surface area contributed by atoms with Crippen LogP contribution in [0.3, 0.4) is 0 Å². The third-order valence-electron chi connectivity index (χ3n) is 1.88. The van der Waals surface area contributed by atoms with E-state index in [1.165, 1.54) is 6.08 Å². The molecule has 64 valence electrons. The van der Waals surface area contributed by atoms with E-state index in [1.807, 2.05) is 0 Å². The Labute approximate surface area is 68.7 Å². The average molecular weight is 155 g/mol. The van der Waals surface area contributed by atoms with Crippen molar-refractivity contribution in [2.24, 2.45) is 5.41 Å². The Morgan fingerprint density at radius 3 is 2.55 bits per heavy atom. The SMILES string of the molecule is C=CC(=O)NCC(C)(C)CC. The quantitative estimate of drug-likeness (QED) is 0.615. The van der Waals surface area contributed by atoms with E-state index in [1.54, 1.807) is 0 Å². The Morgan fingerprint density at radius 1 is 1.64 bits per heavy atom. The largest absolute Gasteiger partial charge is 0.352 e. The molecule has 2 nitrogen and oxygen atoms in total. The number of hydrogen-bond donors (Lipinski definition) is 1. The molecular formula is C9H17NO. The molecule has 0 radical (unpaired) electrons. The summed E-state index contributed by atoms with van der Waals surface area (Å²) in [7, 11) is 0. The number of carbonyl (C=O) groups is 1.